The number of hydrogen-bond acceptors (Lipinski definition) is 2. The summed E-state index contributed by atoms with van der Waals surface area (Å²) in [6, 6.07) is 42.6. The van der Waals surface area contributed by atoms with E-state index in [1.165, 1.54) is 0 Å². The van der Waals surface area contributed by atoms with Crippen molar-refractivity contribution in [3.8, 4) is 39.3 Å². The van der Waals surface area contributed by atoms with Gasteiger partial charge in [-0.15, -0.1) is 0 Å². The second-order valence-electron chi connectivity index (χ2n) is 15.0. The summed E-state index contributed by atoms with van der Waals surface area (Å²) >= 11 is 0. The lowest BCUT2D eigenvalue weighted by atomic mass is 9.87. The summed E-state index contributed by atoms with van der Waals surface area (Å²) in [4.78, 5) is 5.27. The van der Waals surface area contributed by atoms with Gasteiger partial charge in [-0.3, -0.25) is 4.57 Å². The summed E-state index contributed by atoms with van der Waals surface area (Å²) in [7, 11) is 0. The van der Waals surface area contributed by atoms with Crippen LogP contribution in [0.15, 0.2) is 132 Å². The smallest absolute Gasteiger partial charge is 0.149 e. The first kappa shape index (κ1) is 28.3. The molecule has 0 fully saturated rings. The molecule has 0 aliphatic carbocycles. The Balaban J connectivity index is 1.35. The van der Waals surface area contributed by atoms with Crippen molar-refractivity contribution in [3.05, 3.63) is 144 Å². The minimum Gasteiger partial charge on any atom is -0.455 e. The highest BCUT2D eigenvalue weighted by molar-refractivity contribution is 6.10. The Kier molecular flexibility index (Phi) is 7.06. The molecule has 3 nitrogen and oxygen atoms in total. The fourth-order valence-electron chi connectivity index (χ4n) is 7.20. The van der Waals surface area contributed by atoms with E-state index in [9.17, 15) is 2.74 Å². The summed E-state index contributed by atoms with van der Waals surface area (Å²) in [5.41, 5.74) is 10.4. The van der Waals surface area contributed by atoms with Crippen LogP contribution < -0.4 is 0 Å². The van der Waals surface area contributed by atoms with E-state index in [1.54, 1.807) is 0 Å². The molecule has 0 unspecified atom stereocenters. The van der Waals surface area contributed by atoms with Crippen LogP contribution in [0.2, 0.25) is 0 Å². The highest BCUT2D eigenvalue weighted by Gasteiger charge is 2.25. The van der Waals surface area contributed by atoms with Crippen molar-refractivity contribution in [3.63, 3.8) is 0 Å². The van der Waals surface area contributed by atoms with Gasteiger partial charge < -0.3 is 4.42 Å². The fraction of sp³-hybridized carbons (Fsp3) is 0.229. The maximum Gasteiger partial charge on any atom is 0.149 e. The van der Waals surface area contributed by atoms with Gasteiger partial charge in [0.05, 0.1) is 22.3 Å². The van der Waals surface area contributed by atoms with E-state index in [2.05, 4.69) is 59.2 Å². The predicted molar refractivity (Wildman–Crippen MR) is 216 cm³/mol. The van der Waals surface area contributed by atoms with Crippen molar-refractivity contribution >= 4 is 33.0 Å². The third-order valence-corrected chi connectivity index (χ3v) is 9.56. The van der Waals surface area contributed by atoms with Gasteiger partial charge in [-0.05, 0) is 105 Å². The van der Waals surface area contributed by atoms with Crippen LogP contribution >= 0.6 is 0 Å². The van der Waals surface area contributed by atoms with E-state index in [1.807, 2.05) is 121 Å². The molecule has 0 aliphatic heterocycles. The van der Waals surface area contributed by atoms with Crippen molar-refractivity contribution in [1.29, 1.82) is 0 Å². The van der Waals surface area contributed by atoms with E-state index in [0.29, 0.717) is 17.0 Å². The molecular formula is C48H46N2O. The first-order valence-electron chi connectivity index (χ1n) is 19.7. The molecule has 3 heteroatoms. The number of hydrogen-bond donors (Lipinski definition) is 0. The van der Waals surface area contributed by atoms with Gasteiger partial charge in [0, 0.05) is 16.3 Å². The van der Waals surface area contributed by atoms with Crippen LogP contribution in [0.25, 0.3) is 72.3 Å². The summed E-state index contributed by atoms with van der Waals surface area (Å²) in [6.45, 7) is 13.4. The normalized spacial score (nSPS) is 14.1. The second-order valence-corrected chi connectivity index (χ2v) is 15.0. The molecule has 51 heavy (non-hydrogen) atoms. The van der Waals surface area contributed by atoms with Crippen molar-refractivity contribution in [2.75, 3.05) is 0 Å². The van der Waals surface area contributed by atoms with Gasteiger partial charge in [-0.1, -0.05) is 133 Å². The van der Waals surface area contributed by atoms with E-state index in [4.69, 9.17) is 12.1 Å². The highest BCUT2D eigenvalue weighted by Crippen LogP contribution is 2.43. The zero-order valence-corrected chi connectivity index (χ0v) is 30.4. The quantitative estimate of drug-likeness (QED) is 0.169. The first-order chi connectivity index (χ1) is 25.9. The van der Waals surface area contributed by atoms with E-state index < -0.39 is 23.6 Å². The third kappa shape index (κ3) is 6.05. The predicted octanol–water partition coefficient (Wildman–Crippen LogP) is 13.8. The zero-order valence-electron chi connectivity index (χ0n) is 34.4. The summed E-state index contributed by atoms with van der Waals surface area (Å²) in [6.07, 6.45) is -1.47. The zero-order chi connectivity index (χ0) is 39.1. The van der Waals surface area contributed by atoms with Crippen LogP contribution in [0.5, 0.6) is 0 Å². The number of imidazole rings is 1. The Hall–Kier alpha value is -5.41. The number of furan rings is 1. The molecule has 8 rings (SSSR count). The molecule has 2 aromatic heterocycles. The molecule has 0 saturated heterocycles. The number of fused-ring (bicyclic) bond motifs is 4. The number of nitrogens with zero attached hydrogens (tertiary/aromatic N) is 2. The lowest BCUT2D eigenvalue weighted by Gasteiger charge is -2.24. The second kappa shape index (κ2) is 12.7. The van der Waals surface area contributed by atoms with Gasteiger partial charge in [-0.2, -0.15) is 0 Å². The minimum atomic E-state index is -1.47. The summed E-state index contributed by atoms with van der Waals surface area (Å²) in [5, 5.41) is 1.95. The first-order valence-corrected chi connectivity index (χ1v) is 17.7. The third-order valence-electron chi connectivity index (χ3n) is 9.56. The Morgan fingerprint density at radius 2 is 1.31 bits per heavy atom. The lowest BCUT2D eigenvalue weighted by molar-refractivity contribution is 0.411. The molecule has 2 heterocycles. The maximum absolute atomic E-state index is 9.49. The maximum atomic E-state index is 9.49. The molecule has 0 bridgehead atoms. The number of benzene rings is 6. The average Bonchev–Trinajstić information content (AvgIpc) is 3.72. The molecule has 0 atom stereocenters. The molecule has 6 aromatic carbocycles. The van der Waals surface area contributed by atoms with Crippen molar-refractivity contribution < 1.29 is 9.90 Å². The Bertz CT molecular complexity index is 2690. The lowest BCUT2D eigenvalue weighted by Crippen LogP contribution is -2.09. The van der Waals surface area contributed by atoms with Crippen molar-refractivity contribution in [2.24, 2.45) is 5.41 Å². The molecular weight excluding hydrogens is 621 g/mol. The van der Waals surface area contributed by atoms with Gasteiger partial charge in [-0.25, -0.2) is 4.98 Å². The number of aromatic nitrogens is 2. The van der Waals surface area contributed by atoms with E-state index in [0.717, 1.165) is 72.0 Å². The highest BCUT2D eigenvalue weighted by atomic mass is 16.3. The van der Waals surface area contributed by atoms with Crippen LogP contribution in [0.3, 0.4) is 0 Å². The fourth-order valence-corrected chi connectivity index (χ4v) is 7.20. The molecule has 254 valence electrons. The topological polar surface area (TPSA) is 31.0 Å². The van der Waals surface area contributed by atoms with E-state index in [-0.39, 0.29) is 0 Å². The van der Waals surface area contributed by atoms with Crippen LogP contribution in [0.1, 0.15) is 82.4 Å². The largest absolute Gasteiger partial charge is 0.455 e. The summed E-state index contributed by atoms with van der Waals surface area (Å²) < 4.78 is 45.4. The molecule has 0 N–H and O–H groups in total. The van der Waals surface area contributed by atoms with Gasteiger partial charge in [0.1, 0.15) is 17.0 Å². The van der Waals surface area contributed by atoms with Crippen LogP contribution in [0.4, 0.5) is 0 Å². The number of rotatable bonds is 7. The van der Waals surface area contributed by atoms with Gasteiger partial charge in [0.2, 0.25) is 0 Å². The molecule has 0 aliphatic rings. The average molecular weight is 671 g/mol. The molecule has 0 amide bonds. The minimum absolute atomic E-state index is 0.538. The Labute approximate surface area is 307 Å². The molecule has 0 radical (unpaired) electrons. The summed E-state index contributed by atoms with van der Waals surface area (Å²) in [5.74, 6) is -1.35. The van der Waals surface area contributed by atoms with Crippen molar-refractivity contribution in [2.45, 2.75) is 66.6 Å². The van der Waals surface area contributed by atoms with Crippen molar-refractivity contribution in [1.82, 2.24) is 9.55 Å². The SMILES string of the molecule is [2H]C(C)(C)c1cc(-c2ccccc2)cc(C([2H])(C)C)c1-n1c(-c2cccc3c2oc2cc(-c4ccc(C([2H])([2H])C(C)(C)C)cc4)ccc23)nc2ccccc21. The standard InChI is InChI=1S/C48H46N2O/c1-30(2)40-26-36(33-14-9-8-10-15-33)27-41(31(3)4)45(40)50-43-19-12-11-18-42(43)49-47(50)39-17-13-16-38-37-25-24-35(28-44(37)51-46(38)39)34-22-20-32(21-23-34)29-48(5,6)7/h8-28,30-31H,29H2,1-7H3/i29D2,30D,31D. The van der Waals surface area contributed by atoms with Crippen LogP contribution in [0, 0.1) is 5.41 Å². The Morgan fingerprint density at radius 3 is 2.00 bits per heavy atom. The van der Waals surface area contributed by atoms with Gasteiger partial charge in [0.15, 0.2) is 0 Å². The molecule has 8 aromatic rings. The van der Waals surface area contributed by atoms with Crippen LogP contribution in [-0.4, -0.2) is 9.55 Å². The monoisotopic (exact) mass is 670 g/mol. The molecule has 0 saturated carbocycles. The van der Waals surface area contributed by atoms with Gasteiger partial charge in [0.25, 0.3) is 0 Å². The van der Waals surface area contributed by atoms with Crippen LogP contribution in [-0.2, 0) is 6.37 Å². The van der Waals surface area contributed by atoms with Gasteiger partial charge >= 0.3 is 0 Å². The molecule has 0 spiro atoms. The van der Waals surface area contributed by atoms with E-state index >= 15 is 0 Å². The Morgan fingerprint density at radius 1 is 0.667 bits per heavy atom. The number of para-hydroxylation sites is 3.